The van der Waals surface area contributed by atoms with Gasteiger partial charge in [0, 0.05) is 35.0 Å². The summed E-state index contributed by atoms with van der Waals surface area (Å²) in [5, 5.41) is 23.1. The molecule has 2 heterocycles. The molecule has 0 aliphatic carbocycles. The number of hydrogen-bond donors (Lipinski definition) is 4. The first-order chi connectivity index (χ1) is 19.9. The molecule has 0 amide bonds. The summed E-state index contributed by atoms with van der Waals surface area (Å²) in [5.41, 5.74) is 7.67. The number of aromatic amines is 1. The molecule has 5 aromatic rings. The number of nitrogens with zero attached hydrogens (tertiary/aromatic N) is 1. The number of rotatable bonds is 2. The number of benzene rings is 4. The summed E-state index contributed by atoms with van der Waals surface area (Å²) in [6.07, 6.45) is -1.15. The summed E-state index contributed by atoms with van der Waals surface area (Å²) in [6.45, 7) is -0.386. The lowest BCUT2D eigenvalue weighted by atomic mass is 9.92. The SMILES string of the molecule is Nc1ccc(C#Cc2c3ccccc3c(C#Cc3cn([C@H]4C[C@H](O)[C@@H](CO)O4)c(=O)[nH]c3=O)c3ccccc23)cc1. The number of aromatic nitrogens is 2. The summed E-state index contributed by atoms with van der Waals surface area (Å²) in [4.78, 5) is 27.5. The van der Waals surface area contributed by atoms with Gasteiger partial charge in [-0.1, -0.05) is 72.2 Å². The first-order valence-electron chi connectivity index (χ1n) is 13.1. The van der Waals surface area contributed by atoms with Crippen LogP contribution in [-0.4, -0.2) is 38.6 Å². The number of hydrogen-bond acceptors (Lipinski definition) is 6. The number of aliphatic hydroxyl groups excluding tert-OH is 2. The molecule has 8 nitrogen and oxygen atoms in total. The highest BCUT2D eigenvalue weighted by Crippen LogP contribution is 2.32. The minimum atomic E-state index is -0.933. The maximum atomic E-state index is 12.7. The smallest absolute Gasteiger partial charge is 0.330 e. The summed E-state index contributed by atoms with van der Waals surface area (Å²) >= 11 is 0. The van der Waals surface area contributed by atoms with Crippen LogP contribution in [0.3, 0.4) is 0 Å². The Balaban J connectivity index is 1.49. The third kappa shape index (κ3) is 5.00. The Morgan fingerprint density at radius 3 is 1.95 bits per heavy atom. The predicted molar refractivity (Wildman–Crippen MR) is 157 cm³/mol. The number of nitrogens with two attached hydrogens (primary N) is 1. The molecule has 0 unspecified atom stereocenters. The van der Waals surface area contributed by atoms with Gasteiger partial charge in [0.15, 0.2) is 0 Å². The molecule has 3 atom stereocenters. The number of fused-ring (bicyclic) bond motifs is 2. The monoisotopic (exact) mass is 543 g/mol. The molecule has 1 aromatic heterocycles. The van der Waals surface area contributed by atoms with Crippen molar-refractivity contribution in [3.8, 4) is 23.7 Å². The summed E-state index contributed by atoms with van der Waals surface area (Å²) < 4.78 is 6.80. The molecule has 1 aliphatic heterocycles. The Morgan fingerprint density at radius 1 is 0.854 bits per heavy atom. The third-order valence-electron chi connectivity index (χ3n) is 7.16. The van der Waals surface area contributed by atoms with E-state index in [1.807, 2.05) is 72.8 Å². The van der Waals surface area contributed by atoms with E-state index in [4.69, 9.17) is 10.5 Å². The van der Waals surface area contributed by atoms with E-state index in [0.29, 0.717) is 5.69 Å². The average Bonchev–Trinajstić information content (AvgIpc) is 3.36. The number of ether oxygens (including phenoxy) is 1. The van der Waals surface area contributed by atoms with Gasteiger partial charge in [0.2, 0.25) is 0 Å². The highest BCUT2D eigenvalue weighted by Gasteiger charge is 2.35. The van der Waals surface area contributed by atoms with Crippen LogP contribution in [0.15, 0.2) is 88.6 Å². The first-order valence-corrected chi connectivity index (χ1v) is 13.1. The Morgan fingerprint density at radius 2 is 1.41 bits per heavy atom. The molecule has 1 fully saturated rings. The molecular formula is C33H25N3O5. The van der Waals surface area contributed by atoms with E-state index in [9.17, 15) is 19.8 Å². The second kappa shape index (κ2) is 10.8. The van der Waals surface area contributed by atoms with Gasteiger partial charge >= 0.3 is 5.69 Å². The van der Waals surface area contributed by atoms with Crippen LogP contribution in [0.2, 0.25) is 0 Å². The van der Waals surface area contributed by atoms with Crippen molar-refractivity contribution in [1.82, 2.24) is 9.55 Å². The summed E-state index contributed by atoms with van der Waals surface area (Å²) in [7, 11) is 0. The third-order valence-corrected chi connectivity index (χ3v) is 7.16. The van der Waals surface area contributed by atoms with Crippen molar-refractivity contribution in [3.63, 3.8) is 0 Å². The minimum Gasteiger partial charge on any atom is -0.399 e. The molecule has 0 spiro atoms. The van der Waals surface area contributed by atoms with Crippen molar-refractivity contribution in [2.75, 3.05) is 12.3 Å². The van der Waals surface area contributed by atoms with Crippen LogP contribution in [-0.2, 0) is 4.74 Å². The molecular weight excluding hydrogens is 518 g/mol. The molecule has 1 saturated heterocycles. The lowest BCUT2D eigenvalue weighted by molar-refractivity contribution is -0.0459. The first kappa shape index (κ1) is 26.1. The molecule has 5 N–H and O–H groups in total. The van der Waals surface area contributed by atoms with Crippen molar-refractivity contribution >= 4 is 27.2 Å². The fourth-order valence-electron chi connectivity index (χ4n) is 5.07. The predicted octanol–water partition coefficient (Wildman–Crippen LogP) is 2.87. The number of aliphatic hydroxyl groups is 2. The van der Waals surface area contributed by atoms with Crippen LogP contribution in [0.5, 0.6) is 0 Å². The van der Waals surface area contributed by atoms with Gasteiger partial charge in [-0.15, -0.1) is 0 Å². The van der Waals surface area contributed by atoms with Crippen molar-refractivity contribution in [3.05, 3.63) is 122 Å². The van der Waals surface area contributed by atoms with Crippen LogP contribution in [0.4, 0.5) is 5.69 Å². The van der Waals surface area contributed by atoms with E-state index in [-0.39, 0.29) is 18.6 Å². The van der Waals surface area contributed by atoms with Crippen molar-refractivity contribution < 1.29 is 14.9 Å². The summed E-state index contributed by atoms with van der Waals surface area (Å²) in [5.74, 6) is 12.7. The lowest BCUT2D eigenvalue weighted by Gasteiger charge is -2.14. The fraction of sp³-hybridized carbons (Fsp3) is 0.152. The minimum absolute atomic E-state index is 0.0653. The molecule has 0 radical (unpaired) electrons. The number of anilines is 1. The lowest BCUT2D eigenvalue weighted by Crippen LogP contribution is -2.33. The van der Waals surface area contributed by atoms with Crippen LogP contribution in [0.25, 0.3) is 21.5 Å². The molecule has 4 aromatic carbocycles. The molecule has 8 heteroatoms. The molecule has 0 bridgehead atoms. The van der Waals surface area contributed by atoms with E-state index in [1.54, 1.807) is 0 Å². The average molecular weight is 544 g/mol. The Bertz CT molecular complexity index is 1980. The van der Waals surface area contributed by atoms with Crippen molar-refractivity contribution in [1.29, 1.82) is 0 Å². The molecule has 41 heavy (non-hydrogen) atoms. The van der Waals surface area contributed by atoms with E-state index >= 15 is 0 Å². The molecule has 6 rings (SSSR count). The van der Waals surface area contributed by atoms with Gasteiger partial charge in [0.25, 0.3) is 5.56 Å². The van der Waals surface area contributed by atoms with Crippen LogP contribution >= 0.6 is 0 Å². The van der Waals surface area contributed by atoms with Gasteiger partial charge in [-0.25, -0.2) is 4.79 Å². The van der Waals surface area contributed by atoms with Crippen LogP contribution in [0.1, 0.15) is 34.9 Å². The maximum Gasteiger partial charge on any atom is 0.330 e. The zero-order chi connectivity index (χ0) is 28.5. The standard InChI is InChI=1S/C33H25N3O5/c34-22-13-9-20(10-14-22)11-15-27-23-5-1-3-7-25(23)28(26-8-4-2-6-24(26)27)16-12-21-18-36(33(40)35-32(21)39)31-17-29(38)30(19-37)41-31/h1-10,13-14,18,29-31,37-38H,17,19,34H2,(H,35,39,40)/t29-,30+,31+/m0/s1. The highest BCUT2D eigenvalue weighted by molar-refractivity contribution is 6.09. The Hall–Kier alpha value is -5.12. The molecule has 202 valence electrons. The van der Waals surface area contributed by atoms with E-state index in [1.165, 1.54) is 10.8 Å². The quantitative estimate of drug-likeness (QED) is 0.154. The van der Waals surface area contributed by atoms with Gasteiger partial charge in [0.05, 0.1) is 12.7 Å². The number of nitrogens with one attached hydrogen (secondary N) is 1. The molecule has 1 aliphatic rings. The number of H-pyrrole nitrogens is 1. The second-order valence-electron chi connectivity index (χ2n) is 9.79. The second-order valence-corrected chi connectivity index (χ2v) is 9.79. The van der Waals surface area contributed by atoms with E-state index < -0.39 is 29.7 Å². The highest BCUT2D eigenvalue weighted by atomic mass is 16.5. The van der Waals surface area contributed by atoms with Crippen molar-refractivity contribution in [2.24, 2.45) is 0 Å². The van der Waals surface area contributed by atoms with Gasteiger partial charge in [-0.3, -0.25) is 14.3 Å². The zero-order valence-electron chi connectivity index (χ0n) is 21.8. The van der Waals surface area contributed by atoms with Crippen LogP contribution < -0.4 is 17.0 Å². The summed E-state index contributed by atoms with van der Waals surface area (Å²) in [6, 6.07) is 23.0. The topological polar surface area (TPSA) is 131 Å². The van der Waals surface area contributed by atoms with Crippen molar-refractivity contribution in [2.45, 2.75) is 24.9 Å². The molecule has 0 saturated carbocycles. The van der Waals surface area contributed by atoms with Crippen LogP contribution in [0, 0.1) is 23.7 Å². The fourth-order valence-corrected chi connectivity index (χ4v) is 5.07. The Labute approximate surface area is 234 Å². The van der Waals surface area contributed by atoms with Gasteiger partial charge < -0.3 is 20.7 Å². The Kier molecular flexibility index (Phi) is 6.88. The normalized spacial score (nSPS) is 18.0. The van der Waals surface area contributed by atoms with Gasteiger partial charge in [-0.2, -0.15) is 0 Å². The maximum absolute atomic E-state index is 12.7. The van der Waals surface area contributed by atoms with E-state index in [2.05, 4.69) is 28.7 Å². The van der Waals surface area contributed by atoms with Gasteiger partial charge in [-0.05, 0) is 45.8 Å². The zero-order valence-corrected chi connectivity index (χ0v) is 21.8. The number of nitrogen functional groups attached to an aromatic ring is 1. The van der Waals surface area contributed by atoms with E-state index in [0.717, 1.165) is 38.2 Å². The van der Waals surface area contributed by atoms with Gasteiger partial charge in [0.1, 0.15) is 17.9 Å². The largest absolute Gasteiger partial charge is 0.399 e.